The molecule has 1 aromatic rings. The van der Waals surface area contributed by atoms with Crippen molar-refractivity contribution in [3.63, 3.8) is 0 Å². The van der Waals surface area contributed by atoms with Crippen molar-refractivity contribution in [2.24, 2.45) is 13.0 Å². The highest BCUT2D eigenvalue weighted by Crippen LogP contribution is 2.27. The van der Waals surface area contributed by atoms with Crippen LogP contribution in [0.4, 0.5) is 0 Å². The lowest BCUT2D eigenvalue weighted by molar-refractivity contribution is -0.117. The molecule has 0 aliphatic heterocycles. The fraction of sp³-hybridized carbons (Fsp3) is 0.706. The summed E-state index contributed by atoms with van der Waals surface area (Å²) < 4.78 is 1.56. The van der Waals surface area contributed by atoms with Gasteiger partial charge in [-0.25, -0.2) is 9.89 Å². The fourth-order valence-electron chi connectivity index (χ4n) is 3.82. The lowest BCUT2D eigenvalue weighted by atomic mass is 9.82. The minimum atomic E-state index is -0.178. The van der Waals surface area contributed by atoms with Gasteiger partial charge in [-0.2, -0.15) is 5.10 Å². The maximum absolute atomic E-state index is 12.3. The number of aromatic amines is 1. The minimum absolute atomic E-state index is 0.0507. The smallest absolute Gasteiger partial charge is 0.343 e. The molecule has 0 spiro atoms. The molecule has 0 radical (unpaired) electrons. The molecular formula is C17H26N4O2. The number of aromatic nitrogens is 3. The number of nitrogens with one attached hydrogen (secondary N) is 2. The van der Waals surface area contributed by atoms with E-state index in [2.05, 4.69) is 15.5 Å². The van der Waals surface area contributed by atoms with Crippen LogP contribution in [0.3, 0.4) is 0 Å². The maximum Gasteiger partial charge on any atom is 0.343 e. The van der Waals surface area contributed by atoms with Crippen LogP contribution in [0, 0.1) is 5.92 Å². The van der Waals surface area contributed by atoms with Crippen LogP contribution in [-0.2, 0) is 18.3 Å². The first-order valence-electron chi connectivity index (χ1n) is 8.73. The van der Waals surface area contributed by atoms with Crippen LogP contribution >= 0.6 is 0 Å². The predicted octanol–water partition coefficient (Wildman–Crippen LogP) is 1.83. The Morgan fingerprint density at radius 1 is 1.30 bits per heavy atom. The van der Waals surface area contributed by atoms with Crippen molar-refractivity contribution in [2.45, 2.75) is 63.8 Å². The molecule has 2 N–H and O–H groups in total. The van der Waals surface area contributed by atoms with E-state index in [0.29, 0.717) is 5.92 Å². The van der Waals surface area contributed by atoms with Gasteiger partial charge in [0.05, 0.1) is 0 Å². The molecule has 6 nitrogen and oxygen atoms in total. The number of rotatable bonds is 4. The molecular weight excluding hydrogens is 292 g/mol. The Kier molecular flexibility index (Phi) is 4.98. The molecule has 2 fully saturated rings. The number of amides is 1. The summed E-state index contributed by atoms with van der Waals surface area (Å²) in [7, 11) is 1.74. The summed E-state index contributed by atoms with van der Waals surface area (Å²) in [5.74, 6) is 1.17. The topological polar surface area (TPSA) is 79.8 Å². The van der Waals surface area contributed by atoms with E-state index in [4.69, 9.17) is 0 Å². The van der Waals surface area contributed by atoms with Crippen LogP contribution in [-0.4, -0.2) is 26.7 Å². The minimum Gasteiger partial charge on any atom is -0.350 e. The second-order valence-electron chi connectivity index (χ2n) is 6.88. The van der Waals surface area contributed by atoms with Crippen LogP contribution in [0.2, 0.25) is 0 Å². The van der Waals surface area contributed by atoms with Crippen molar-refractivity contribution in [3.05, 3.63) is 28.0 Å². The average molecular weight is 318 g/mol. The van der Waals surface area contributed by atoms with E-state index < -0.39 is 0 Å². The number of carbonyl (C=O) groups is 1. The molecule has 3 rings (SSSR count). The summed E-state index contributed by atoms with van der Waals surface area (Å²) in [6, 6.07) is 0.182. The normalized spacial score (nSPS) is 24.7. The van der Waals surface area contributed by atoms with Crippen molar-refractivity contribution < 1.29 is 4.79 Å². The largest absolute Gasteiger partial charge is 0.350 e. The first-order valence-corrected chi connectivity index (χ1v) is 8.73. The van der Waals surface area contributed by atoms with Gasteiger partial charge in [-0.05, 0) is 44.4 Å². The fourth-order valence-corrected chi connectivity index (χ4v) is 3.82. The SMILES string of the molecule is Cn1c(C[C@H]2CCCC[C@H]2NC(=O)C=C2CCCC2)n[nH]c1=O. The summed E-state index contributed by atoms with van der Waals surface area (Å²) in [5.41, 5.74) is 1.10. The van der Waals surface area contributed by atoms with E-state index in [1.165, 1.54) is 24.8 Å². The van der Waals surface area contributed by atoms with Gasteiger partial charge < -0.3 is 5.32 Å². The molecule has 2 aliphatic rings. The number of nitrogens with zero attached hydrogens (tertiary/aromatic N) is 2. The number of carbonyl (C=O) groups excluding carboxylic acids is 1. The zero-order valence-electron chi connectivity index (χ0n) is 13.8. The highest BCUT2D eigenvalue weighted by molar-refractivity contribution is 5.88. The Morgan fingerprint density at radius 3 is 2.74 bits per heavy atom. The van der Waals surface area contributed by atoms with Crippen LogP contribution in [0.1, 0.15) is 57.2 Å². The first kappa shape index (κ1) is 16.0. The van der Waals surface area contributed by atoms with Crippen molar-refractivity contribution in [3.8, 4) is 0 Å². The summed E-state index contributed by atoms with van der Waals surface area (Å²) in [5, 5.41) is 9.80. The van der Waals surface area contributed by atoms with Gasteiger partial charge in [0.15, 0.2) is 0 Å². The molecule has 2 aliphatic carbocycles. The third-order valence-electron chi connectivity index (χ3n) is 5.23. The Morgan fingerprint density at radius 2 is 2.04 bits per heavy atom. The number of H-pyrrole nitrogens is 1. The van der Waals surface area contributed by atoms with Gasteiger partial charge in [0.25, 0.3) is 0 Å². The van der Waals surface area contributed by atoms with Gasteiger partial charge in [-0.1, -0.05) is 18.4 Å². The van der Waals surface area contributed by atoms with E-state index in [-0.39, 0.29) is 17.6 Å². The maximum atomic E-state index is 12.3. The molecule has 1 amide bonds. The van der Waals surface area contributed by atoms with Crippen LogP contribution < -0.4 is 11.0 Å². The molecule has 0 bridgehead atoms. The predicted molar refractivity (Wildman–Crippen MR) is 88.0 cm³/mol. The molecule has 126 valence electrons. The number of hydrogen-bond acceptors (Lipinski definition) is 3. The molecule has 0 unspecified atom stereocenters. The average Bonchev–Trinajstić information content (AvgIpc) is 3.14. The highest BCUT2D eigenvalue weighted by atomic mass is 16.2. The van der Waals surface area contributed by atoms with Gasteiger partial charge >= 0.3 is 5.69 Å². The lowest BCUT2D eigenvalue weighted by Gasteiger charge is -2.31. The molecule has 1 aromatic heterocycles. The van der Waals surface area contributed by atoms with E-state index in [0.717, 1.165) is 44.3 Å². The second kappa shape index (κ2) is 7.15. The third-order valence-corrected chi connectivity index (χ3v) is 5.23. The van der Waals surface area contributed by atoms with Crippen molar-refractivity contribution in [1.29, 1.82) is 0 Å². The van der Waals surface area contributed by atoms with Gasteiger partial charge in [0.1, 0.15) is 5.82 Å². The molecule has 1 heterocycles. The zero-order chi connectivity index (χ0) is 16.2. The Labute approximate surface area is 136 Å². The van der Waals surface area contributed by atoms with Crippen LogP contribution in [0.5, 0.6) is 0 Å². The Hall–Kier alpha value is -1.85. The second-order valence-corrected chi connectivity index (χ2v) is 6.88. The summed E-state index contributed by atoms with van der Waals surface area (Å²) >= 11 is 0. The monoisotopic (exact) mass is 318 g/mol. The van der Waals surface area contributed by atoms with Crippen molar-refractivity contribution in [1.82, 2.24) is 20.1 Å². The van der Waals surface area contributed by atoms with Gasteiger partial charge in [0.2, 0.25) is 5.91 Å². The van der Waals surface area contributed by atoms with E-state index in [1.807, 2.05) is 6.08 Å². The number of allylic oxidation sites excluding steroid dienone is 1. The Bertz CT molecular complexity index is 635. The zero-order valence-corrected chi connectivity index (χ0v) is 13.8. The van der Waals surface area contributed by atoms with E-state index >= 15 is 0 Å². The lowest BCUT2D eigenvalue weighted by Crippen LogP contribution is -2.42. The van der Waals surface area contributed by atoms with Crippen LogP contribution in [0.15, 0.2) is 16.4 Å². The first-order chi connectivity index (χ1) is 11.1. The quantitative estimate of drug-likeness (QED) is 0.831. The van der Waals surface area contributed by atoms with Gasteiger partial charge in [-0.3, -0.25) is 9.36 Å². The summed E-state index contributed by atoms with van der Waals surface area (Å²) in [6.45, 7) is 0. The van der Waals surface area contributed by atoms with Gasteiger partial charge in [-0.15, -0.1) is 0 Å². The summed E-state index contributed by atoms with van der Waals surface area (Å²) in [4.78, 5) is 23.8. The third kappa shape index (κ3) is 3.92. The standard InChI is InChI=1S/C17H26N4O2/c1-21-15(19-20-17(21)23)11-13-8-4-5-9-14(13)18-16(22)10-12-6-2-3-7-12/h10,13-14H,2-9,11H2,1H3,(H,18,22)(H,20,23)/t13-,14-/m1/s1. The van der Waals surface area contributed by atoms with Crippen molar-refractivity contribution in [2.75, 3.05) is 0 Å². The number of hydrogen-bond donors (Lipinski definition) is 2. The van der Waals surface area contributed by atoms with Gasteiger partial charge in [0, 0.05) is 25.6 Å². The van der Waals surface area contributed by atoms with Crippen molar-refractivity contribution >= 4 is 5.91 Å². The molecule has 2 atom stereocenters. The Balaban J connectivity index is 1.64. The van der Waals surface area contributed by atoms with E-state index in [9.17, 15) is 9.59 Å². The van der Waals surface area contributed by atoms with Crippen LogP contribution in [0.25, 0.3) is 0 Å². The summed E-state index contributed by atoms with van der Waals surface area (Å²) in [6.07, 6.45) is 11.5. The molecule has 0 saturated heterocycles. The molecule has 0 aromatic carbocycles. The van der Waals surface area contributed by atoms with E-state index in [1.54, 1.807) is 11.6 Å². The molecule has 6 heteroatoms. The highest BCUT2D eigenvalue weighted by Gasteiger charge is 2.28. The molecule has 2 saturated carbocycles. The molecule has 23 heavy (non-hydrogen) atoms.